The zero-order chi connectivity index (χ0) is 18.4. The first-order valence-corrected chi connectivity index (χ1v) is 8.74. The number of hydrogen-bond acceptors (Lipinski definition) is 3. The highest BCUT2D eigenvalue weighted by Crippen LogP contribution is 2.20. The Morgan fingerprint density at radius 2 is 1.88 bits per heavy atom. The topological polar surface area (TPSA) is 86.7 Å². The van der Waals surface area contributed by atoms with Gasteiger partial charge in [0.1, 0.15) is 0 Å². The number of rotatable bonds is 6. The number of piperidine rings is 1. The summed E-state index contributed by atoms with van der Waals surface area (Å²) in [6.45, 7) is 5.36. The molecule has 0 aromatic heterocycles. The summed E-state index contributed by atoms with van der Waals surface area (Å²) in [7, 11) is 0. The van der Waals surface area contributed by atoms with Gasteiger partial charge in [-0.05, 0) is 45.2 Å². The summed E-state index contributed by atoms with van der Waals surface area (Å²) in [5.74, 6) is -1.22. The lowest BCUT2D eigenvalue weighted by Crippen LogP contribution is -2.45. The Kier molecular flexibility index (Phi) is 6.56. The summed E-state index contributed by atoms with van der Waals surface area (Å²) >= 11 is 0. The Bertz CT molecular complexity index is 637. The van der Waals surface area contributed by atoms with Crippen LogP contribution in [0.3, 0.4) is 0 Å². The molecule has 1 saturated heterocycles. The molecule has 1 heterocycles. The van der Waals surface area contributed by atoms with Crippen LogP contribution >= 0.6 is 0 Å². The third-order valence-electron chi connectivity index (χ3n) is 4.41. The van der Waals surface area contributed by atoms with Crippen LogP contribution in [-0.2, 0) is 9.59 Å². The fraction of sp³-hybridized carbons (Fsp3) is 0.526. The van der Waals surface area contributed by atoms with Gasteiger partial charge in [0.2, 0.25) is 5.91 Å². The number of aliphatic carboxylic acids is 1. The second-order valence-corrected chi connectivity index (χ2v) is 6.76. The summed E-state index contributed by atoms with van der Waals surface area (Å²) in [4.78, 5) is 37.2. The Morgan fingerprint density at radius 3 is 2.52 bits per heavy atom. The van der Waals surface area contributed by atoms with Gasteiger partial charge in [-0.25, -0.2) is 0 Å². The number of carboxylic acids is 1. The molecule has 1 aromatic rings. The fourth-order valence-corrected chi connectivity index (χ4v) is 3.25. The highest BCUT2D eigenvalue weighted by molar-refractivity contribution is 5.95. The molecule has 0 spiro atoms. The number of aryl methyl sites for hydroxylation is 2. The van der Waals surface area contributed by atoms with Gasteiger partial charge in [-0.15, -0.1) is 0 Å². The standard InChI is InChI=1S/C19H26N2O4/c1-13-9-14(2)11-16(10-13)19(25)21-8-4-5-15(12-21)18(24)20-7-3-6-17(22)23/h9-11,15H,3-8,12H2,1-2H3,(H,20,24)(H,22,23). The molecule has 1 atom stereocenters. The van der Waals surface area contributed by atoms with Crippen molar-refractivity contribution in [3.05, 3.63) is 34.9 Å². The highest BCUT2D eigenvalue weighted by Gasteiger charge is 2.28. The smallest absolute Gasteiger partial charge is 0.303 e. The number of carbonyl (C=O) groups is 3. The van der Waals surface area contributed by atoms with Crippen LogP contribution in [0.4, 0.5) is 0 Å². The van der Waals surface area contributed by atoms with Crippen molar-refractivity contribution in [2.45, 2.75) is 39.5 Å². The summed E-state index contributed by atoms with van der Waals surface area (Å²) in [5, 5.41) is 11.4. The van der Waals surface area contributed by atoms with Crippen molar-refractivity contribution in [2.24, 2.45) is 5.92 Å². The second-order valence-electron chi connectivity index (χ2n) is 6.76. The third kappa shape index (κ3) is 5.59. The SMILES string of the molecule is Cc1cc(C)cc(C(=O)N2CCCC(C(=O)NCCCC(=O)O)C2)c1. The summed E-state index contributed by atoms with van der Waals surface area (Å²) in [5.41, 5.74) is 2.76. The van der Waals surface area contributed by atoms with Crippen LogP contribution in [0.25, 0.3) is 0 Å². The largest absolute Gasteiger partial charge is 0.481 e. The molecule has 136 valence electrons. The molecular weight excluding hydrogens is 320 g/mol. The lowest BCUT2D eigenvalue weighted by Gasteiger charge is -2.32. The van der Waals surface area contributed by atoms with Gasteiger partial charge in [0.15, 0.2) is 0 Å². The molecule has 0 aliphatic carbocycles. The monoisotopic (exact) mass is 346 g/mol. The minimum Gasteiger partial charge on any atom is -0.481 e. The number of nitrogens with zero attached hydrogens (tertiary/aromatic N) is 1. The van der Waals surface area contributed by atoms with E-state index in [0.717, 1.165) is 24.0 Å². The van der Waals surface area contributed by atoms with E-state index in [1.54, 1.807) is 4.90 Å². The van der Waals surface area contributed by atoms with Crippen LogP contribution in [0.15, 0.2) is 18.2 Å². The summed E-state index contributed by atoms with van der Waals surface area (Å²) in [6.07, 6.45) is 2.01. The Balaban J connectivity index is 1.92. The highest BCUT2D eigenvalue weighted by atomic mass is 16.4. The maximum absolute atomic E-state index is 12.7. The molecule has 1 aromatic carbocycles. The molecule has 2 amide bonds. The number of carboxylic acid groups (broad SMARTS) is 1. The number of amides is 2. The van der Waals surface area contributed by atoms with E-state index in [0.29, 0.717) is 31.6 Å². The van der Waals surface area contributed by atoms with E-state index in [2.05, 4.69) is 5.32 Å². The predicted molar refractivity (Wildman–Crippen MR) is 94.4 cm³/mol. The average Bonchev–Trinajstić information content (AvgIpc) is 2.57. The molecule has 0 radical (unpaired) electrons. The quantitative estimate of drug-likeness (QED) is 0.773. The fourth-order valence-electron chi connectivity index (χ4n) is 3.25. The van der Waals surface area contributed by atoms with E-state index in [4.69, 9.17) is 5.11 Å². The first kappa shape index (κ1) is 19.0. The number of benzene rings is 1. The second kappa shape index (κ2) is 8.65. The number of likely N-dealkylation sites (tertiary alicyclic amines) is 1. The van der Waals surface area contributed by atoms with E-state index in [1.165, 1.54) is 0 Å². The van der Waals surface area contributed by atoms with Crippen LogP contribution in [0.2, 0.25) is 0 Å². The Hall–Kier alpha value is -2.37. The molecule has 1 unspecified atom stereocenters. The van der Waals surface area contributed by atoms with Crippen molar-refractivity contribution in [3.63, 3.8) is 0 Å². The molecule has 1 fully saturated rings. The van der Waals surface area contributed by atoms with Crippen LogP contribution in [-0.4, -0.2) is 47.4 Å². The predicted octanol–water partition coefficient (Wildman–Crippen LogP) is 2.14. The van der Waals surface area contributed by atoms with Crippen LogP contribution in [0.1, 0.15) is 47.2 Å². The van der Waals surface area contributed by atoms with Gasteiger partial charge in [0.25, 0.3) is 5.91 Å². The molecule has 0 saturated carbocycles. The molecule has 6 nitrogen and oxygen atoms in total. The summed E-state index contributed by atoms with van der Waals surface area (Å²) in [6, 6.07) is 5.79. The number of carbonyl (C=O) groups excluding carboxylic acids is 2. The molecule has 2 N–H and O–H groups in total. The van der Waals surface area contributed by atoms with E-state index >= 15 is 0 Å². The third-order valence-corrected chi connectivity index (χ3v) is 4.41. The molecular formula is C19H26N2O4. The van der Waals surface area contributed by atoms with Gasteiger partial charge in [-0.1, -0.05) is 17.2 Å². The van der Waals surface area contributed by atoms with Gasteiger partial charge in [0, 0.05) is 31.6 Å². The molecule has 2 rings (SSSR count). The van der Waals surface area contributed by atoms with Crippen molar-refractivity contribution >= 4 is 17.8 Å². The molecule has 6 heteroatoms. The lowest BCUT2D eigenvalue weighted by atomic mass is 9.96. The Morgan fingerprint density at radius 1 is 1.20 bits per heavy atom. The molecule has 25 heavy (non-hydrogen) atoms. The van der Waals surface area contributed by atoms with Gasteiger partial charge in [-0.2, -0.15) is 0 Å². The van der Waals surface area contributed by atoms with E-state index in [9.17, 15) is 14.4 Å². The van der Waals surface area contributed by atoms with Gasteiger partial charge < -0.3 is 15.3 Å². The zero-order valence-corrected chi connectivity index (χ0v) is 14.9. The van der Waals surface area contributed by atoms with E-state index in [1.807, 2.05) is 32.0 Å². The van der Waals surface area contributed by atoms with Crippen molar-refractivity contribution in [3.8, 4) is 0 Å². The van der Waals surface area contributed by atoms with Crippen LogP contribution in [0, 0.1) is 19.8 Å². The normalized spacial score (nSPS) is 17.2. The van der Waals surface area contributed by atoms with Crippen LogP contribution < -0.4 is 5.32 Å². The van der Waals surface area contributed by atoms with Crippen molar-refractivity contribution in [1.82, 2.24) is 10.2 Å². The molecule has 1 aliphatic rings. The first-order valence-electron chi connectivity index (χ1n) is 8.74. The molecule has 1 aliphatic heterocycles. The minimum absolute atomic E-state index is 0.0322. The van der Waals surface area contributed by atoms with Crippen molar-refractivity contribution in [2.75, 3.05) is 19.6 Å². The lowest BCUT2D eigenvalue weighted by molar-refractivity contribution is -0.137. The van der Waals surface area contributed by atoms with Gasteiger partial charge >= 0.3 is 5.97 Å². The maximum Gasteiger partial charge on any atom is 0.303 e. The van der Waals surface area contributed by atoms with E-state index < -0.39 is 5.97 Å². The van der Waals surface area contributed by atoms with Gasteiger partial charge in [-0.3, -0.25) is 14.4 Å². The van der Waals surface area contributed by atoms with Crippen molar-refractivity contribution in [1.29, 1.82) is 0 Å². The summed E-state index contributed by atoms with van der Waals surface area (Å²) < 4.78 is 0. The Labute approximate surface area is 148 Å². The zero-order valence-electron chi connectivity index (χ0n) is 14.9. The van der Waals surface area contributed by atoms with Gasteiger partial charge in [0.05, 0.1) is 5.92 Å². The average molecular weight is 346 g/mol. The molecule has 0 bridgehead atoms. The van der Waals surface area contributed by atoms with Crippen molar-refractivity contribution < 1.29 is 19.5 Å². The van der Waals surface area contributed by atoms with Crippen LogP contribution in [0.5, 0.6) is 0 Å². The first-order chi connectivity index (χ1) is 11.9. The maximum atomic E-state index is 12.7. The minimum atomic E-state index is -0.864. The number of hydrogen-bond donors (Lipinski definition) is 2. The van der Waals surface area contributed by atoms with E-state index in [-0.39, 0.29) is 24.2 Å². The number of nitrogens with one attached hydrogen (secondary N) is 1.